The molecule has 1 fully saturated rings. The zero-order valence-corrected chi connectivity index (χ0v) is 17.8. The van der Waals surface area contributed by atoms with Crippen LogP contribution in [0.25, 0.3) is 11.3 Å². The fraction of sp³-hybridized carbons (Fsp3) is 0.458. The van der Waals surface area contributed by atoms with Gasteiger partial charge in [-0.05, 0) is 56.6 Å². The first-order valence-corrected chi connectivity index (χ1v) is 11.3. The third-order valence-electron chi connectivity index (χ3n) is 6.58. The monoisotopic (exact) mass is 416 g/mol. The minimum Gasteiger partial charge on any atom is -0.356 e. The Bertz CT molecular complexity index is 1090. The number of rotatable bonds is 4. The van der Waals surface area contributed by atoms with Crippen LogP contribution in [-0.4, -0.2) is 37.6 Å². The molecule has 2 aliphatic rings. The topological polar surface area (TPSA) is 76.8 Å². The number of aryl methyl sites for hydroxylation is 1. The van der Waals surface area contributed by atoms with Crippen molar-refractivity contribution in [1.29, 1.82) is 0 Å². The van der Waals surface area contributed by atoms with E-state index in [1.807, 2.05) is 12.1 Å². The lowest BCUT2D eigenvalue weighted by Crippen LogP contribution is -2.37. The number of hydrogen-bond donors (Lipinski definition) is 0. The Hall–Kier alpha value is -3.09. The van der Waals surface area contributed by atoms with Crippen molar-refractivity contribution >= 4 is 5.82 Å². The molecule has 0 spiro atoms. The van der Waals surface area contributed by atoms with Crippen molar-refractivity contribution in [2.75, 3.05) is 18.0 Å². The number of nitrogens with zero attached hydrogens (tertiary/aromatic N) is 6. The molecule has 3 aromatic rings. The van der Waals surface area contributed by atoms with Crippen molar-refractivity contribution in [3.63, 3.8) is 0 Å². The molecule has 0 amide bonds. The van der Waals surface area contributed by atoms with Gasteiger partial charge in [0, 0.05) is 54.9 Å². The summed E-state index contributed by atoms with van der Waals surface area (Å²) < 4.78 is 1.75. The number of hydrogen-bond acceptors (Lipinski definition) is 6. The van der Waals surface area contributed by atoms with Crippen LogP contribution in [0.2, 0.25) is 0 Å². The second-order valence-electron chi connectivity index (χ2n) is 8.61. The molecular weight excluding hydrogens is 388 g/mol. The van der Waals surface area contributed by atoms with Gasteiger partial charge in [0.15, 0.2) is 0 Å². The molecule has 7 nitrogen and oxygen atoms in total. The average Bonchev–Trinajstić information content (AvgIpc) is 3.07. The first kappa shape index (κ1) is 19.8. The average molecular weight is 417 g/mol. The molecule has 5 rings (SSSR count). The molecule has 0 N–H and O–H groups in total. The van der Waals surface area contributed by atoms with Crippen molar-refractivity contribution in [1.82, 2.24) is 24.5 Å². The molecular formula is C24H28N6O. The standard InChI is InChI=1S/C24H28N6O/c31-23-14-22(19-6-10-25-11-7-19)28-17-30(23)15-18-8-12-29(13-9-18)24-20-4-2-1-3-5-21(20)26-16-27-24/h6-7,10-11,14,16-18H,1-5,8-9,12-13,15H2. The van der Waals surface area contributed by atoms with Crippen LogP contribution < -0.4 is 10.5 Å². The Morgan fingerprint density at radius 1 is 0.968 bits per heavy atom. The van der Waals surface area contributed by atoms with Gasteiger partial charge in [-0.15, -0.1) is 0 Å². The summed E-state index contributed by atoms with van der Waals surface area (Å²) >= 11 is 0. The maximum atomic E-state index is 12.6. The van der Waals surface area contributed by atoms with Crippen LogP contribution in [0, 0.1) is 5.92 Å². The molecule has 0 unspecified atom stereocenters. The van der Waals surface area contributed by atoms with Crippen molar-refractivity contribution in [3.8, 4) is 11.3 Å². The van der Waals surface area contributed by atoms with E-state index in [2.05, 4.69) is 24.8 Å². The molecule has 4 heterocycles. The van der Waals surface area contributed by atoms with E-state index in [0.29, 0.717) is 11.6 Å². The summed E-state index contributed by atoms with van der Waals surface area (Å²) in [6, 6.07) is 5.37. The maximum Gasteiger partial charge on any atom is 0.253 e. The van der Waals surface area contributed by atoms with Gasteiger partial charge in [0.25, 0.3) is 5.56 Å². The predicted octanol–water partition coefficient (Wildman–Crippen LogP) is 3.28. The van der Waals surface area contributed by atoms with Crippen molar-refractivity contribution in [2.45, 2.75) is 51.5 Å². The number of pyridine rings is 1. The molecule has 0 aromatic carbocycles. The van der Waals surface area contributed by atoms with E-state index in [9.17, 15) is 4.79 Å². The van der Waals surface area contributed by atoms with Crippen LogP contribution in [0.4, 0.5) is 5.82 Å². The minimum absolute atomic E-state index is 0.00496. The molecule has 7 heteroatoms. The Morgan fingerprint density at radius 3 is 2.58 bits per heavy atom. The quantitative estimate of drug-likeness (QED) is 0.608. The smallest absolute Gasteiger partial charge is 0.253 e. The van der Waals surface area contributed by atoms with Gasteiger partial charge in [-0.1, -0.05) is 6.42 Å². The first-order chi connectivity index (χ1) is 15.3. The highest BCUT2D eigenvalue weighted by Gasteiger charge is 2.24. The van der Waals surface area contributed by atoms with Crippen molar-refractivity contribution in [3.05, 3.63) is 64.9 Å². The minimum atomic E-state index is 0.00496. The largest absolute Gasteiger partial charge is 0.356 e. The van der Waals surface area contributed by atoms with E-state index < -0.39 is 0 Å². The molecule has 0 saturated carbocycles. The van der Waals surface area contributed by atoms with Crippen molar-refractivity contribution < 1.29 is 0 Å². The SMILES string of the molecule is O=c1cc(-c2ccncc2)ncn1CC1CCN(c2ncnc3c2CCCCC3)CC1. The third-order valence-corrected chi connectivity index (χ3v) is 6.58. The van der Waals surface area contributed by atoms with Gasteiger partial charge in [0.05, 0.1) is 12.0 Å². The number of piperidine rings is 1. The summed E-state index contributed by atoms with van der Waals surface area (Å²) in [6.07, 6.45) is 14.9. The van der Waals surface area contributed by atoms with Crippen LogP contribution in [0.1, 0.15) is 43.4 Å². The number of fused-ring (bicyclic) bond motifs is 1. The van der Waals surface area contributed by atoms with Gasteiger partial charge in [-0.3, -0.25) is 14.3 Å². The third kappa shape index (κ3) is 4.36. The van der Waals surface area contributed by atoms with Crippen LogP contribution in [0.3, 0.4) is 0 Å². The van der Waals surface area contributed by atoms with E-state index in [1.54, 1.807) is 35.7 Å². The number of aromatic nitrogens is 5. The molecule has 1 saturated heterocycles. The lowest BCUT2D eigenvalue weighted by atomic mass is 9.96. The Kier molecular flexibility index (Phi) is 5.74. The van der Waals surface area contributed by atoms with E-state index in [4.69, 9.17) is 0 Å². The van der Waals surface area contributed by atoms with Gasteiger partial charge >= 0.3 is 0 Å². The first-order valence-electron chi connectivity index (χ1n) is 11.3. The number of anilines is 1. The molecule has 3 aromatic heterocycles. The van der Waals surface area contributed by atoms with Crippen LogP contribution in [-0.2, 0) is 19.4 Å². The highest BCUT2D eigenvalue weighted by molar-refractivity contribution is 5.57. The molecule has 1 aliphatic carbocycles. The fourth-order valence-corrected chi connectivity index (χ4v) is 4.80. The van der Waals surface area contributed by atoms with Gasteiger partial charge < -0.3 is 4.90 Å². The Balaban J connectivity index is 1.24. The molecule has 0 bridgehead atoms. The lowest BCUT2D eigenvalue weighted by Gasteiger charge is -2.34. The predicted molar refractivity (Wildman–Crippen MR) is 120 cm³/mol. The Labute approximate surface area is 182 Å². The zero-order valence-electron chi connectivity index (χ0n) is 17.8. The van der Waals surface area contributed by atoms with E-state index in [1.165, 1.54) is 30.5 Å². The lowest BCUT2D eigenvalue weighted by molar-refractivity contribution is 0.350. The second kappa shape index (κ2) is 8.96. The van der Waals surface area contributed by atoms with Gasteiger partial charge in [0.2, 0.25) is 0 Å². The molecule has 0 atom stereocenters. The fourth-order valence-electron chi connectivity index (χ4n) is 4.80. The van der Waals surface area contributed by atoms with Gasteiger partial charge in [0.1, 0.15) is 12.1 Å². The van der Waals surface area contributed by atoms with Gasteiger partial charge in [-0.25, -0.2) is 15.0 Å². The van der Waals surface area contributed by atoms with E-state index in [0.717, 1.165) is 56.7 Å². The summed E-state index contributed by atoms with van der Waals surface area (Å²) in [4.78, 5) is 32.8. The van der Waals surface area contributed by atoms with Crippen LogP contribution in [0.5, 0.6) is 0 Å². The van der Waals surface area contributed by atoms with Crippen LogP contribution >= 0.6 is 0 Å². The summed E-state index contributed by atoms with van der Waals surface area (Å²) in [5, 5.41) is 0. The maximum absolute atomic E-state index is 12.6. The Morgan fingerprint density at radius 2 is 1.77 bits per heavy atom. The molecule has 31 heavy (non-hydrogen) atoms. The zero-order chi connectivity index (χ0) is 21.0. The van der Waals surface area contributed by atoms with E-state index >= 15 is 0 Å². The summed E-state index contributed by atoms with van der Waals surface area (Å²) in [5.41, 5.74) is 4.23. The summed E-state index contributed by atoms with van der Waals surface area (Å²) in [7, 11) is 0. The molecule has 160 valence electrons. The molecule has 1 aliphatic heterocycles. The van der Waals surface area contributed by atoms with Crippen LogP contribution in [0.15, 0.2) is 48.0 Å². The summed E-state index contributed by atoms with van der Waals surface area (Å²) in [5.74, 6) is 1.62. The van der Waals surface area contributed by atoms with E-state index in [-0.39, 0.29) is 5.56 Å². The van der Waals surface area contributed by atoms with Gasteiger partial charge in [-0.2, -0.15) is 0 Å². The highest BCUT2D eigenvalue weighted by Crippen LogP contribution is 2.29. The second-order valence-corrected chi connectivity index (χ2v) is 8.61. The summed E-state index contributed by atoms with van der Waals surface area (Å²) in [6.45, 7) is 2.68. The van der Waals surface area contributed by atoms with Crippen molar-refractivity contribution in [2.24, 2.45) is 5.92 Å². The normalized spacial score (nSPS) is 17.2. The highest BCUT2D eigenvalue weighted by atomic mass is 16.1. The molecule has 0 radical (unpaired) electrons.